The van der Waals surface area contributed by atoms with E-state index in [0.29, 0.717) is 5.56 Å². The normalized spacial score (nSPS) is 12.1. The van der Waals surface area contributed by atoms with Crippen LogP contribution >= 0.6 is 0 Å². The Hall–Kier alpha value is -1.60. The molecular weight excluding hydrogens is 454 g/mol. The van der Waals surface area contributed by atoms with Crippen LogP contribution in [-0.2, 0) is 42.6 Å². The number of H-pyrrole nitrogens is 1. The molecule has 0 spiro atoms. The van der Waals surface area contributed by atoms with Gasteiger partial charge in [0.15, 0.2) is 0 Å². The van der Waals surface area contributed by atoms with Gasteiger partial charge in [-0.05, 0) is 23.8 Å². The molecule has 3 rings (SSSR count). The Kier molecular flexibility index (Phi) is 4.97. The van der Waals surface area contributed by atoms with E-state index < -0.39 is 25.1 Å². The second kappa shape index (κ2) is 6.37. The summed E-state index contributed by atoms with van der Waals surface area (Å²) in [6.45, 7) is 0. The zero-order chi connectivity index (χ0) is 16.8. The SMILES string of the molecule is O=S(=O)(O)c1ccc(-c2ccc3n[nH]nc3c2S(=O)(=O)O)cc1.[Ag+]. The third-order valence-corrected chi connectivity index (χ3v) is 4.96. The van der Waals surface area contributed by atoms with Gasteiger partial charge < -0.3 is 0 Å². The van der Waals surface area contributed by atoms with Crippen LogP contribution in [0.3, 0.4) is 0 Å². The van der Waals surface area contributed by atoms with Crippen LogP contribution in [0, 0.1) is 0 Å². The minimum Gasteiger partial charge on any atom is -0.282 e. The van der Waals surface area contributed by atoms with E-state index in [1.807, 2.05) is 0 Å². The molecule has 0 amide bonds. The molecule has 9 nitrogen and oxygen atoms in total. The molecule has 0 aliphatic carbocycles. The van der Waals surface area contributed by atoms with Gasteiger partial charge in [0.1, 0.15) is 15.9 Å². The van der Waals surface area contributed by atoms with Crippen LogP contribution in [0.4, 0.5) is 0 Å². The van der Waals surface area contributed by atoms with Crippen LogP contribution < -0.4 is 0 Å². The maximum absolute atomic E-state index is 11.7. The van der Waals surface area contributed by atoms with Crippen LogP contribution in [0.5, 0.6) is 0 Å². The van der Waals surface area contributed by atoms with E-state index in [4.69, 9.17) is 4.55 Å². The van der Waals surface area contributed by atoms with Crippen molar-refractivity contribution in [3.05, 3.63) is 36.4 Å². The summed E-state index contributed by atoms with van der Waals surface area (Å²) in [6.07, 6.45) is 0. The summed E-state index contributed by atoms with van der Waals surface area (Å²) in [5.74, 6) is 0. The molecule has 130 valence electrons. The van der Waals surface area contributed by atoms with Gasteiger partial charge in [0, 0.05) is 5.56 Å². The molecule has 0 aliphatic heterocycles. The summed E-state index contributed by atoms with van der Waals surface area (Å²) in [4.78, 5) is -0.777. The molecule has 24 heavy (non-hydrogen) atoms. The van der Waals surface area contributed by atoms with Gasteiger partial charge in [0.25, 0.3) is 20.2 Å². The van der Waals surface area contributed by atoms with Gasteiger partial charge in [-0.1, -0.05) is 18.2 Å². The van der Waals surface area contributed by atoms with Gasteiger partial charge in [0.05, 0.1) is 4.90 Å². The van der Waals surface area contributed by atoms with Gasteiger partial charge >= 0.3 is 22.4 Å². The molecule has 0 bridgehead atoms. The van der Waals surface area contributed by atoms with Crippen molar-refractivity contribution in [1.82, 2.24) is 15.4 Å². The van der Waals surface area contributed by atoms with E-state index in [9.17, 15) is 21.4 Å². The quantitative estimate of drug-likeness (QED) is 0.386. The monoisotopic (exact) mass is 462 g/mol. The first-order valence-electron chi connectivity index (χ1n) is 6.07. The van der Waals surface area contributed by atoms with Gasteiger partial charge in [-0.15, -0.1) is 0 Å². The number of aromatic amines is 1. The zero-order valence-electron chi connectivity index (χ0n) is 11.5. The number of rotatable bonds is 3. The summed E-state index contributed by atoms with van der Waals surface area (Å²) in [5.41, 5.74) is 0.644. The topological polar surface area (TPSA) is 150 Å². The van der Waals surface area contributed by atoms with Gasteiger partial charge in [-0.2, -0.15) is 32.2 Å². The molecule has 1 heterocycles. The van der Waals surface area contributed by atoms with E-state index in [1.165, 1.54) is 24.3 Å². The molecule has 3 aromatic rings. The van der Waals surface area contributed by atoms with Gasteiger partial charge in [0.2, 0.25) is 0 Å². The van der Waals surface area contributed by atoms with E-state index in [-0.39, 0.29) is 43.9 Å². The molecule has 0 saturated carbocycles. The molecule has 0 unspecified atom stereocenters. The Morgan fingerprint density at radius 1 is 0.833 bits per heavy atom. The summed E-state index contributed by atoms with van der Waals surface area (Å²) in [7, 11) is -8.97. The molecule has 0 fully saturated rings. The molecule has 3 N–H and O–H groups in total. The average Bonchev–Trinajstić information content (AvgIpc) is 2.92. The summed E-state index contributed by atoms with van der Waals surface area (Å²) < 4.78 is 63.9. The largest absolute Gasteiger partial charge is 1.00 e. The Labute approximate surface area is 152 Å². The van der Waals surface area contributed by atoms with Crippen LogP contribution in [-0.4, -0.2) is 41.4 Å². The Bertz CT molecular complexity index is 1110. The number of hydrogen-bond acceptors (Lipinski definition) is 6. The second-order valence-electron chi connectivity index (χ2n) is 4.61. The van der Waals surface area contributed by atoms with Crippen LogP contribution in [0.2, 0.25) is 0 Å². The second-order valence-corrected chi connectivity index (χ2v) is 7.39. The van der Waals surface area contributed by atoms with Gasteiger partial charge in [-0.3, -0.25) is 9.11 Å². The van der Waals surface area contributed by atoms with Gasteiger partial charge in [-0.25, -0.2) is 0 Å². The van der Waals surface area contributed by atoms with E-state index in [0.717, 1.165) is 12.1 Å². The van der Waals surface area contributed by atoms with Crippen molar-refractivity contribution in [1.29, 1.82) is 0 Å². The maximum atomic E-state index is 11.7. The van der Waals surface area contributed by atoms with Crippen molar-refractivity contribution in [2.45, 2.75) is 9.79 Å². The van der Waals surface area contributed by atoms with Crippen LogP contribution in [0.1, 0.15) is 0 Å². The summed E-state index contributed by atoms with van der Waals surface area (Å²) in [6, 6.07) is 7.75. The summed E-state index contributed by atoms with van der Waals surface area (Å²) in [5, 5.41) is 9.74. The number of benzene rings is 2. The fraction of sp³-hybridized carbons (Fsp3) is 0. The van der Waals surface area contributed by atoms with E-state index >= 15 is 0 Å². The smallest absolute Gasteiger partial charge is 0.282 e. The minimum absolute atomic E-state index is 0. The number of hydrogen-bond donors (Lipinski definition) is 3. The fourth-order valence-corrected chi connectivity index (χ4v) is 3.52. The number of fused-ring (bicyclic) bond motifs is 1. The third kappa shape index (κ3) is 3.42. The minimum atomic E-state index is -4.61. The number of nitrogens with one attached hydrogen (secondary N) is 1. The molecule has 0 aliphatic rings. The first-order valence-corrected chi connectivity index (χ1v) is 8.95. The van der Waals surface area contributed by atoms with Crippen molar-refractivity contribution in [3.8, 4) is 11.1 Å². The predicted octanol–water partition coefficient (Wildman–Crippen LogP) is 1.12. The number of nitrogens with zero attached hydrogens (tertiary/aromatic N) is 2. The molecule has 0 atom stereocenters. The first kappa shape index (κ1) is 18.7. The van der Waals surface area contributed by atoms with Crippen molar-refractivity contribution in [2.24, 2.45) is 0 Å². The molecular formula is C12H9AgN3O6S2+. The first-order chi connectivity index (χ1) is 10.7. The van der Waals surface area contributed by atoms with Crippen molar-refractivity contribution in [3.63, 3.8) is 0 Å². The maximum Gasteiger partial charge on any atom is 1.00 e. The van der Waals surface area contributed by atoms with Crippen LogP contribution in [0.15, 0.2) is 46.2 Å². The zero-order valence-corrected chi connectivity index (χ0v) is 14.6. The van der Waals surface area contributed by atoms with Crippen molar-refractivity contribution >= 4 is 31.3 Å². The Morgan fingerprint density at radius 2 is 1.46 bits per heavy atom. The Morgan fingerprint density at radius 3 is 2.00 bits per heavy atom. The average molecular weight is 463 g/mol. The number of aromatic nitrogens is 3. The molecule has 0 radical (unpaired) electrons. The van der Waals surface area contributed by atoms with E-state index in [1.54, 1.807) is 0 Å². The summed E-state index contributed by atoms with van der Waals surface area (Å²) >= 11 is 0. The standard InChI is InChI=1S/C12H9N3O6S2.Ag/c16-22(17,18)8-3-1-7(2-4-8)9-5-6-10-11(14-15-13-10)12(9)23(19,20)21;/h1-6H,(H,13,14,15)(H,16,17,18)(H,19,20,21);/q;+1. The predicted molar refractivity (Wildman–Crippen MR) is 79.0 cm³/mol. The third-order valence-electron chi connectivity index (χ3n) is 3.16. The fourth-order valence-electron chi connectivity index (χ4n) is 2.18. The molecule has 1 aromatic heterocycles. The van der Waals surface area contributed by atoms with E-state index in [2.05, 4.69) is 15.4 Å². The molecule has 12 heteroatoms. The van der Waals surface area contributed by atoms with Crippen LogP contribution in [0.25, 0.3) is 22.2 Å². The van der Waals surface area contributed by atoms with Crippen molar-refractivity contribution < 1.29 is 48.3 Å². The van der Waals surface area contributed by atoms with Crippen molar-refractivity contribution in [2.75, 3.05) is 0 Å². The molecule has 2 aromatic carbocycles. The Balaban J connectivity index is 0.00000208. The molecule has 0 saturated heterocycles.